The van der Waals surface area contributed by atoms with Crippen LogP contribution in [0, 0.1) is 11.8 Å². The molecule has 0 bridgehead atoms. The number of nitrogens with zero attached hydrogens (tertiary/aromatic N) is 2. The van der Waals surface area contributed by atoms with Crippen molar-refractivity contribution in [2.75, 3.05) is 32.7 Å². The first kappa shape index (κ1) is 16.9. The van der Waals surface area contributed by atoms with Gasteiger partial charge >= 0.3 is 0 Å². The molecule has 4 nitrogen and oxygen atoms in total. The zero-order valence-electron chi connectivity index (χ0n) is 14.2. The first-order valence-electron chi connectivity index (χ1n) is 9.00. The molecule has 1 aromatic heterocycles. The minimum atomic E-state index is 0.191. The van der Waals surface area contributed by atoms with Crippen molar-refractivity contribution in [3.05, 3.63) is 21.9 Å². The van der Waals surface area contributed by atoms with E-state index in [1.165, 1.54) is 9.75 Å². The second kappa shape index (κ2) is 7.77. The van der Waals surface area contributed by atoms with Crippen LogP contribution in [0.1, 0.15) is 35.9 Å². The third-order valence-corrected chi connectivity index (χ3v) is 6.62. The average molecular weight is 336 g/mol. The molecule has 1 saturated carbocycles. The van der Waals surface area contributed by atoms with E-state index in [1.54, 1.807) is 0 Å². The van der Waals surface area contributed by atoms with Crippen LogP contribution in [0.2, 0.25) is 0 Å². The fourth-order valence-electron chi connectivity index (χ4n) is 3.92. The molecule has 0 radical (unpaired) electrons. The minimum absolute atomic E-state index is 0.191. The highest BCUT2D eigenvalue weighted by molar-refractivity contribution is 7.11. The van der Waals surface area contributed by atoms with E-state index in [9.17, 15) is 4.79 Å². The van der Waals surface area contributed by atoms with E-state index >= 15 is 0 Å². The molecule has 2 fully saturated rings. The molecule has 2 heterocycles. The maximum atomic E-state index is 12.7. The molecule has 1 amide bonds. The van der Waals surface area contributed by atoms with Gasteiger partial charge in [-0.1, -0.05) is 13.3 Å². The summed E-state index contributed by atoms with van der Waals surface area (Å²) in [6.45, 7) is 7.63. The number of hydrogen-bond donors (Lipinski definition) is 1. The fourth-order valence-corrected chi connectivity index (χ4v) is 4.92. The monoisotopic (exact) mass is 335 g/mol. The topological polar surface area (TPSA) is 49.6 Å². The van der Waals surface area contributed by atoms with Crippen LogP contribution in [0.4, 0.5) is 0 Å². The summed E-state index contributed by atoms with van der Waals surface area (Å²) in [4.78, 5) is 20.2. The maximum Gasteiger partial charge on any atom is 0.226 e. The summed E-state index contributed by atoms with van der Waals surface area (Å²) >= 11 is 1.92. The zero-order valence-corrected chi connectivity index (χ0v) is 15.0. The van der Waals surface area contributed by atoms with Gasteiger partial charge in [0.15, 0.2) is 0 Å². The number of amides is 1. The van der Waals surface area contributed by atoms with Crippen LogP contribution >= 0.6 is 11.3 Å². The van der Waals surface area contributed by atoms with Crippen LogP contribution in [-0.2, 0) is 17.8 Å². The van der Waals surface area contributed by atoms with Gasteiger partial charge in [-0.3, -0.25) is 9.69 Å². The Hall–Kier alpha value is -0.910. The second-order valence-corrected chi connectivity index (χ2v) is 8.11. The molecule has 2 atom stereocenters. The third kappa shape index (κ3) is 3.95. The van der Waals surface area contributed by atoms with Gasteiger partial charge in [0.1, 0.15) is 0 Å². The Morgan fingerprint density at radius 2 is 1.96 bits per heavy atom. The maximum absolute atomic E-state index is 12.7. The molecule has 23 heavy (non-hydrogen) atoms. The first-order chi connectivity index (χ1) is 11.2. The number of rotatable bonds is 5. The van der Waals surface area contributed by atoms with Crippen LogP contribution in [0.15, 0.2) is 12.1 Å². The van der Waals surface area contributed by atoms with Gasteiger partial charge in [-0.25, -0.2) is 0 Å². The second-order valence-electron chi connectivity index (χ2n) is 6.86. The van der Waals surface area contributed by atoms with Gasteiger partial charge in [-0.15, -0.1) is 11.3 Å². The molecule has 1 aliphatic carbocycles. The van der Waals surface area contributed by atoms with Crippen LogP contribution in [0.5, 0.6) is 0 Å². The van der Waals surface area contributed by atoms with Gasteiger partial charge < -0.3 is 10.6 Å². The predicted octanol–water partition coefficient (Wildman–Crippen LogP) is 2.33. The summed E-state index contributed by atoms with van der Waals surface area (Å²) in [7, 11) is 0. The molecule has 0 spiro atoms. The van der Waals surface area contributed by atoms with Crippen molar-refractivity contribution in [3.8, 4) is 0 Å². The Kier molecular flexibility index (Phi) is 5.72. The molecule has 1 aromatic rings. The smallest absolute Gasteiger partial charge is 0.226 e. The molecule has 2 N–H and O–H groups in total. The lowest BCUT2D eigenvalue weighted by Crippen LogP contribution is -2.50. The van der Waals surface area contributed by atoms with Gasteiger partial charge in [0, 0.05) is 48.4 Å². The highest BCUT2D eigenvalue weighted by atomic mass is 32.1. The number of hydrogen-bond acceptors (Lipinski definition) is 4. The number of carbonyl (C=O) groups is 1. The van der Waals surface area contributed by atoms with E-state index in [-0.39, 0.29) is 5.92 Å². The molecule has 1 saturated heterocycles. The average Bonchev–Trinajstić information content (AvgIpc) is 3.23. The van der Waals surface area contributed by atoms with E-state index in [0.29, 0.717) is 18.4 Å². The van der Waals surface area contributed by atoms with E-state index < -0.39 is 0 Å². The Morgan fingerprint density at radius 3 is 2.61 bits per heavy atom. The van der Waals surface area contributed by atoms with Crippen molar-refractivity contribution in [2.45, 2.75) is 39.2 Å². The quantitative estimate of drug-likeness (QED) is 0.898. The highest BCUT2D eigenvalue weighted by Crippen LogP contribution is 2.32. The fraction of sp³-hybridized carbons (Fsp3) is 0.722. The van der Waals surface area contributed by atoms with Gasteiger partial charge in [-0.05, 0) is 43.9 Å². The molecule has 2 aliphatic rings. The van der Waals surface area contributed by atoms with Crippen molar-refractivity contribution < 1.29 is 4.79 Å². The lowest BCUT2D eigenvalue weighted by Gasteiger charge is -2.36. The van der Waals surface area contributed by atoms with Gasteiger partial charge in [-0.2, -0.15) is 0 Å². The SMILES string of the molecule is CCc1ccc(CN2CCN(C(=O)[C@@H]3CCC[C@@H]3CN)CC2)s1. The summed E-state index contributed by atoms with van der Waals surface area (Å²) in [5.41, 5.74) is 5.84. The minimum Gasteiger partial charge on any atom is -0.340 e. The lowest BCUT2D eigenvalue weighted by atomic mass is 9.94. The summed E-state index contributed by atoms with van der Waals surface area (Å²) in [6, 6.07) is 4.50. The molecular weight excluding hydrogens is 306 g/mol. The van der Waals surface area contributed by atoms with Crippen molar-refractivity contribution >= 4 is 17.2 Å². The van der Waals surface area contributed by atoms with Gasteiger partial charge in [0.25, 0.3) is 0 Å². The summed E-state index contributed by atoms with van der Waals surface area (Å²) in [5.74, 6) is 0.970. The number of aryl methyl sites for hydroxylation is 1. The molecule has 0 unspecified atom stereocenters. The molecule has 5 heteroatoms. The van der Waals surface area contributed by atoms with E-state index in [4.69, 9.17) is 5.73 Å². The van der Waals surface area contributed by atoms with Crippen LogP contribution in [0.3, 0.4) is 0 Å². The van der Waals surface area contributed by atoms with Crippen molar-refractivity contribution in [1.29, 1.82) is 0 Å². The number of carbonyl (C=O) groups excluding carboxylic acids is 1. The van der Waals surface area contributed by atoms with Crippen LogP contribution in [0.25, 0.3) is 0 Å². The molecular formula is C18H29N3OS. The molecule has 1 aliphatic heterocycles. The van der Waals surface area contributed by atoms with Gasteiger partial charge in [0.2, 0.25) is 5.91 Å². The first-order valence-corrected chi connectivity index (χ1v) is 9.81. The largest absolute Gasteiger partial charge is 0.340 e. The van der Waals surface area contributed by atoms with Crippen molar-refractivity contribution in [3.63, 3.8) is 0 Å². The van der Waals surface area contributed by atoms with Crippen LogP contribution in [-0.4, -0.2) is 48.4 Å². The van der Waals surface area contributed by atoms with E-state index in [2.05, 4.69) is 28.9 Å². The zero-order chi connectivity index (χ0) is 16.2. The summed E-state index contributed by atoms with van der Waals surface area (Å²) < 4.78 is 0. The Morgan fingerprint density at radius 1 is 1.22 bits per heavy atom. The Labute approximate surface area is 143 Å². The van der Waals surface area contributed by atoms with Crippen molar-refractivity contribution in [1.82, 2.24) is 9.80 Å². The highest BCUT2D eigenvalue weighted by Gasteiger charge is 2.35. The number of thiophene rings is 1. The van der Waals surface area contributed by atoms with Crippen LogP contribution < -0.4 is 5.73 Å². The lowest BCUT2D eigenvalue weighted by molar-refractivity contribution is -0.138. The third-order valence-electron chi connectivity index (χ3n) is 5.41. The number of piperazine rings is 1. The summed E-state index contributed by atoms with van der Waals surface area (Å²) in [5, 5.41) is 0. The predicted molar refractivity (Wildman–Crippen MR) is 95.4 cm³/mol. The molecule has 3 rings (SSSR count). The van der Waals surface area contributed by atoms with Gasteiger partial charge in [0.05, 0.1) is 0 Å². The van der Waals surface area contributed by atoms with Crippen molar-refractivity contribution in [2.24, 2.45) is 17.6 Å². The standard InChI is InChI=1S/C18H29N3OS/c1-2-15-6-7-16(23-15)13-20-8-10-21(11-9-20)18(22)17-5-3-4-14(17)12-19/h6-7,14,17H,2-5,8-13,19H2,1H3/t14-,17-/m1/s1. The van der Waals surface area contributed by atoms with E-state index in [0.717, 1.165) is 58.4 Å². The molecule has 128 valence electrons. The normalized spacial score (nSPS) is 25.9. The number of nitrogens with two attached hydrogens (primary N) is 1. The summed E-state index contributed by atoms with van der Waals surface area (Å²) in [6.07, 6.45) is 4.45. The Bertz CT molecular complexity index is 522. The Balaban J connectivity index is 1.49. The van der Waals surface area contributed by atoms with E-state index in [1.807, 2.05) is 11.3 Å². The molecule has 0 aromatic carbocycles.